The summed E-state index contributed by atoms with van der Waals surface area (Å²) in [5.74, 6) is -0.0921. The minimum absolute atomic E-state index is 0.0921. The van der Waals surface area contributed by atoms with Gasteiger partial charge in [0, 0.05) is 17.8 Å². The molecule has 1 amide bonds. The summed E-state index contributed by atoms with van der Waals surface area (Å²) in [6, 6.07) is 25.8. The number of nitrogens with zero attached hydrogens (tertiary/aromatic N) is 1. The third-order valence-electron chi connectivity index (χ3n) is 4.32. The van der Waals surface area contributed by atoms with E-state index in [1.807, 2.05) is 66.7 Å². The van der Waals surface area contributed by atoms with Crippen LogP contribution < -0.4 is 5.32 Å². The molecule has 3 heteroatoms. The summed E-state index contributed by atoms with van der Waals surface area (Å²) in [6.07, 6.45) is 0.998. The Kier molecular flexibility index (Phi) is 5.82. The molecule has 3 nitrogen and oxygen atoms in total. The van der Waals surface area contributed by atoms with Crippen molar-refractivity contribution in [3.8, 4) is 11.1 Å². The van der Waals surface area contributed by atoms with Gasteiger partial charge in [0.15, 0.2) is 0 Å². The van der Waals surface area contributed by atoms with E-state index in [0.29, 0.717) is 5.56 Å². The average Bonchev–Trinajstić information content (AvgIpc) is 2.68. The van der Waals surface area contributed by atoms with Crippen LogP contribution in [0.1, 0.15) is 15.9 Å². The van der Waals surface area contributed by atoms with Crippen molar-refractivity contribution in [2.75, 3.05) is 26.0 Å². The van der Waals surface area contributed by atoms with Gasteiger partial charge >= 0.3 is 0 Å². The van der Waals surface area contributed by atoms with Crippen LogP contribution in [0.4, 0.5) is 5.69 Å². The second kappa shape index (κ2) is 8.45. The van der Waals surface area contributed by atoms with E-state index >= 15 is 0 Å². The van der Waals surface area contributed by atoms with Crippen LogP contribution in [0.2, 0.25) is 0 Å². The number of carbonyl (C=O) groups excluding carboxylic acids is 1. The molecule has 3 aromatic rings. The van der Waals surface area contributed by atoms with E-state index in [0.717, 1.165) is 29.8 Å². The lowest BCUT2D eigenvalue weighted by molar-refractivity contribution is 0.102. The van der Waals surface area contributed by atoms with Crippen LogP contribution in [0.3, 0.4) is 0 Å². The smallest absolute Gasteiger partial charge is 0.256 e. The Hall–Kier alpha value is -2.91. The molecule has 0 spiro atoms. The van der Waals surface area contributed by atoms with Crippen LogP contribution in [0.5, 0.6) is 0 Å². The Morgan fingerprint density at radius 1 is 0.846 bits per heavy atom. The number of hydrogen-bond donors (Lipinski definition) is 1. The van der Waals surface area contributed by atoms with Crippen LogP contribution in [0.25, 0.3) is 11.1 Å². The van der Waals surface area contributed by atoms with Crippen molar-refractivity contribution < 1.29 is 4.79 Å². The molecule has 26 heavy (non-hydrogen) atoms. The SMILES string of the molecule is CN(C)CCc1ccc(NC(=O)c2ccccc2-c2ccccc2)cc1. The number of nitrogens with one attached hydrogen (secondary N) is 1. The van der Waals surface area contributed by atoms with E-state index in [1.54, 1.807) is 0 Å². The van der Waals surface area contributed by atoms with Gasteiger partial charge in [-0.25, -0.2) is 0 Å². The predicted octanol–water partition coefficient (Wildman–Crippen LogP) is 4.71. The first-order valence-electron chi connectivity index (χ1n) is 8.83. The third kappa shape index (κ3) is 4.58. The van der Waals surface area contributed by atoms with E-state index in [9.17, 15) is 4.79 Å². The van der Waals surface area contributed by atoms with E-state index in [2.05, 4.69) is 36.4 Å². The van der Waals surface area contributed by atoms with E-state index in [1.165, 1.54) is 5.56 Å². The van der Waals surface area contributed by atoms with E-state index < -0.39 is 0 Å². The van der Waals surface area contributed by atoms with Crippen LogP contribution in [0, 0.1) is 0 Å². The number of anilines is 1. The standard InChI is InChI=1S/C23H24N2O/c1-25(2)17-16-18-12-14-20(15-13-18)24-23(26)22-11-7-6-10-21(22)19-8-4-3-5-9-19/h3-15H,16-17H2,1-2H3,(H,24,26). The number of benzene rings is 3. The summed E-state index contributed by atoms with van der Waals surface area (Å²) in [7, 11) is 4.14. The van der Waals surface area contributed by atoms with Gasteiger partial charge in [-0.05, 0) is 55.4 Å². The van der Waals surface area contributed by atoms with Crippen molar-refractivity contribution in [2.24, 2.45) is 0 Å². The molecule has 3 rings (SSSR count). The topological polar surface area (TPSA) is 32.3 Å². The van der Waals surface area contributed by atoms with Crippen molar-refractivity contribution in [1.82, 2.24) is 4.90 Å². The fourth-order valence-corrected chi connectivity index (χ4v) is 2.86. The molecule has 0 unspecified atom stereocenters. The largest absolute Gasteiger partial charge is 0.322 e. The molecular weight excluding hydrogens is 320 g/mol. The maximum absolute atomic E-state index is 12.8. The molecule has 0 saturated heterocycles. The molecule has 0 aliphatic rings. The first-order chi connectivity index (χ1) is 12.6. The fourth-order valence-electron chi connectivity index (χ4n) is 2.86. The first-order valence-corrected chi connectivity index (χ1v) is 8.83. The zero-order chi connectivity index (χ0) is 18.4. The highest BCUT2D eigenvalue weighted by Gasteiger charge is 2.12. The average molecular weight is 344 g/mol. The second-order valence-corrected chi connectivity index (χ2v) is 6.62. The van der Waals surface area contributed by atoms with E-state index in [4.69, 9.17) is 0 Å². The summed E-state index contributed by atoms with van der Waals surface area (Å²) >= 11 is 0. The van der Waals surface area contributed by atoms with Gasteiger partial charge in [0.1, 0.15) is 0 Å². The molecule has 0 atom stereocenters. The van der Waals surface area contributed by atoms with Crippen molar-refractivity contribution in [1.29, 1.82) is 0 Å². The molecule has 0 aliphatic carbocycles. The number of carbonyl (C=O) groups is 1. The molecular formula is C23H24N2O. The van der Waals surface area contributed by atoms with Crippen molar-refractivity contribution >= 4 is 11.6 Å². The monoisotopic (exact) mass is 344 g/mol. The van der Waals surface area contributed by atoms with Gasteiger partial charge in [0.25, 0.3) is 5.91 Å². The first kappa shape index (κ1) is 17.9. The molecule has 3 aromatic carbocycles. The Morgan fingerprint density at radius 2 is 1.50 bits per heavy atom. The molecule has 0 bridgehead atoms. The molecule has 0 heterocycles. The summed E-state index contributed by atoms with van der Waals surface area (Å²) in [5.41, 5.74) is 4.73. The zero-order valence-corrected chi connectivity index (χ0v) is 15.3. The van der Waals surface area contributed by atoms with Gasteiger partial charge in [-0.2, -0.15) is 0 Å². The number of hydrogen-bond acceptors (Lipinski definition) is 2. The quantitative estimate of drug-likeness (QED) is 0.702. The molecule has 0 aliphatic heterocycles. The predicted molar refractivity (Wildman–Crippen MR) is 109 cm³/mol. The molecule has 0 radical (unpaired) electrons. The molecule has 0 fully saturated rings. The lowest BCUT2D eigenvalue weighted by Crippen LogP contribution is -2.15. The van der Waals surface area contributed by atoms with Gasteiger partial charge < -0.3 is 10.2 Å². The van der Waals surface area contributed by atoms with Crippen LogP contribution in [-0.2, 0) is 6.42 Å². The highest BCUT2D eigenvalue weighted by molar-refractivity contribution is 6.08. The minimum atomic E-state index is -0.0921. The van der Waals surface area contributed by atoms with Crippen molar-refractivity contribution in [2.45, 2.75) is 6.42 Å². The highest BCUT2D eigenvalue weighted by atomic mass is 16.1. The summed E-state index contributed by atoms with van der Waals surface area (Å²) in [4.78, 5) is 15.0. The lowest BCUT2D eigenvalue weighted by Gasteiger charge is -2.12. The van der Waals surface area contributed by atoms with Gasteiger partial charge in [0.2, 0.25) is 0 Å². The number of amides is 1. The normalized spacial score (nSPS) is 10.7. The van der Waals surface area contributed by atoms with E-state index in [-0.39, 0.29) is 5.91 Å². The summed E-state index contributed by atoms with van der Waals surface area (Å²) in [6.45, 7) is 1.01. The lowest BCUT2D eigenvalue weighted by atomic mass is 9.99. The van der Waals surface area contributed by atoms with Crippen molar-refractivity contribution in [3.63, 3.8) is 0 Å². The van der Waals surface area contributed by atoms with Gasteiger partial charge in [-0.3, -0.25) is 4.79 Å². The Morgan fingerprint density at radius 3 is 2.19 bits per heavy atom. The van der Waals surface area contributed by atoms with Gasteiger partial charge in [0.05, 0.1) is 0 Å². The minimum Gasteiger partial charge on any atom is -0.322 e. The Labute approximate surface area is 155 Å². The molecule has 1 N–H and O–H groups in total. The van der Waals surface area contributed by atoms with Crippen LogP contribution in [0.15, 0.2) is 78.9 Å². The molecule has 132 valence electrons. The highest BCUT2D eigenvalue weighted by Crippen LogP contribution is 2.24. The number of rotatable bonds is 6. The maximum Gasteiger partial charge on any atom is 0.256 e. The number of likely N-dealkylation sites (N-methyl/N-ethyl adjacent to an activating group) is 1. The fraction of sp³-hybridized carbons (Fsp3) is 0.174. The summed E-state index contributed by atoms with van der Waals surface area (Å²) < 4.78 is 0. The second-order valence-electron chi connectivity index (χ2n) is 6.62. The summed E-state index contributed by atoms with van der Waals surface area (Å²) in [5, 5.41) is 3.01. The van der Waals surface area contributed by atoms with Gasteiger partial charge in [-0.15, -0.1) is 0 Å². The third-order valence-corrected chi connectivity index (χ3v) is 4.32. The van der Waals surface area contributed by atoms with Gasteiger partial charge in [-0.1, -0.05) is 60.7 Å². The Bertz CT molecular complexity index is 855. The van der Waals surface area contributed by atoms with Crippen molar-refractivity contribution in [3.05, 3.63) is 90.0 Å². The molecule has 0 saturated carbocycles. The van der Waals surface area contributed by atoms with Crippen LogP contribution in [-0.4, -0.2) is 31.4 Å². The van der Waals surface area contributed by atoms with Crippen LogP contribution >= 0.6 is 0 Å². The Balaban J connectivity index is 1.75. The zero-order valence-electron chi connectivity index (χ0n) is 15.3. The molecule has 0 aromatic heterocycles. The maximum atomic E-state index is 12.8.